The molecular weight excluding hydrogens is 322 g/mol. The standard InChI is InChI=1S/C18H21N3O2S/c1-11(2)15-16(17(23)19-13-7-4-6-12(3)10-13)24-18(20-15)21-9-5-8-14(21)22/h4,6-7,10-11H,5,8-9H2,1-3H3,(H,19,23). The minimum atomic E-state index is -0.167. The van der Waals surface area contributed by atoms with Crippen LogP contribution in [-0.4, -0.2) is 23.3 Å². The molecule has 1 aromatic carbocycles. The molecule has 1 aromatic heterocycles. The lowest BCUT2D eigenvalue weighted by molar-refractivity contribution is -0.117. The molecule has 0 aliphatic carbocycles. The number of carbonyl (C=O) groups excluding carboxylic acids is 2. The van der Waals surface area contributed by atoms with Gasteiger partial charge in [-0.25, -0.2) is 4.98 Å². The van der Waals surface area contributed by atoms with Gasteiger partial charge >= 0.3 is 0 Å². The highest BCUT2D eigenvalue weighted by Crippen LogP contribution is 2.33. The SMILES string of the molecule is Cc1cccc(NC(=O)c2sc(N3CCCC3=O)nc2C(C)C)c1. The molecule has 1 N–H and O–H groups in total. The molecule has 1 aliphatic rings. The highest BCUT2D eigenvalue weighted by molar-refractivity contribution is 7.18. The minimum Gasteiger partial charge on any atom is -0.321 e. The van der Waals surface area contributed by atoms with Crippen molar-refractivity contribution in [1.82, 2.24) is 4.98 Å². The summed E-state index contributed by atoms with van der Waals surface area (Å²) in [5.74, 6) is 0.0374. The Morgan fingerprint density at radius 2 is 2.17 bits per heavy atom. The van der Waals surface area contributed by atoms with E-state index in [0.717, 1.165) is 23.4 Å². The van der Waals surface area contributed by atoms with Crippen LogP contribution in [0, 0.1) is 6.92 Å². The lowest BCUT2D eigenvalue weighted by Crippen LogP contribution is -2.23. The summed E-state index contributed by atoms with van der Waals surface area (Å²) in [6, 6.07) is 7.69. The van der Waals surface area contributed by atoms with E-state index in [9.17, 15) is 9.59 Å². The van der Waals surface area contributed by atoms with Gasteiger partial charge in [-0.05, 0) is 37.0 Å². The fourth-order valence-corrected chi connectivity index (χ4v) is 3.91. The van der Waals surface area contributed by atoms with E-state index in [0.29, 0.717) is 23.0 Å². The molecule has 0 spiro atoms. The maximum absolute atomic E-state index is 12.7. The lowest BCUT2D eigenvalue weighted by Gasteiger charge is -2.10. The largest absolute Gasteiger partial charge is 0.321 e. The molecule has 6 heteroatoms. The third-order valence-electron chi connectivity index (χ3n) is 3.98. The van der Waals surface area contributed by atoms with Gasteiger partial charge in [0.2, 0.25) is 5.91 Å². The highest BCUT2D eigenvalue weighted by atomic mass is 32.1. The second-order valence-corrected chi connectivity index (χ2v) is 7.32. The molecule has 24 heavy (non-hydrogen) atoms. The summed E-state index contributed by atoms with van der Waals surface area (Å²) in [5, 5.41) is 3.57. The van der Waals surface area contributed by atoms with E-state index in [1.54, 1.807) is 4.90 Å². The molecule has 2 heterocycles. The van der Waals surface area contributed by atoms with Gasteiger partial charge in [0.05, 0.1) is 5.69 Å². The van der Waals surface area contributed by atoms with E-state index >= 15 is 0 Å². The van der Waals surface area contributed by atoms with E-state index in [1.807, 2.05) is 45.0 Å². The van der Waals surface area contributed by atoms with Crippen molar-refractivity contribution >= 4 is 34.0 Å². The minimum absolute atomic E-state index is 0.0877. The molecule has 0 atom stereocenters. The zero-order chi connectivity index (χ0) is 17.3. The summed E-state index contributed by atoms with van der Waals surface area (Å²) in [6.07, 6.45) is 1.40. The normalized spacial score (nSPS) is 14.5. The summed E-state index contributed by atoms with van der Waals surface area (Å²) in [4.78, 5) is 31.5. The zero-order valence-corrected chi connectivity index (χ0v) is 14.9. The number of nitrogens with one attached hydrogen (secondary N) is 1. The van der Waals surface area contributed by atoms with Crippen LogP contribution < -0.4 is 10.2 Å². The second-order valence-electron chi connectivity index (χ2n) is 6.34. The Labute approximate surface area is 145 Å². The third kappa shape index (κ3) is 3.33. The summed E-state index contributed by atoms with van der Waals surface area (Å²) >= 11 is 1.30. The number of nitrogens with zero attached hydrogens (tertiary/aromatic N) is 2. The fourth-order valence-electron chi connectivity index (χ4n) is 2.75. The van der Waals surface area contributed by atoms with Crippen LogP contribution in [0.4, 0.5) is 10.8 Å². The van der Waals surface area contributed by atoms with Crippen LogP contribution in [0.2, 0.25) is 0 Å². The van der Waals surface area contributed by atoms with Crippen molar-refractivity contribution in [2.45, 2.75) is 39.5 Å². The molecule has 0 saturated carbocycles. The van der Waals surface area contributed by atoms with E-state index in [2.05, 4.69) is 10.3 Å². The van der Waals surface area contributed by atoms with Crippen molar-refractivity contribution in [2.75, 3.05) is 16.8 Å². The van der Waals surface area contributed by atoms with Gasteiger partial charge in [-0.15, -0.1) is 0 Å². The van der Waals surface area contributed by atoms with Crippen LogP contribution in [-0.2, 0) is 4.79 Å². The molecule has 1 fully saturated rings. The molecule has 0 bridgehead atoms. The van der Waals surface area contributed by atoms with Crippen LogP contribution in [0.15, 0.2) is 24.3 Å². The number of benzene rings is 1. The quantitative estimate of drug-likeness (QED) is 0.914. The zero-order valence-electron chi connectivity index (χ0n) is 14.1. The Morgan fingerprint density at radius 3 is 2.79 bits per heavy atom. The van der Waals surface area contributed by atoms with Crippen molar-refractivity contribution < 1.29 is 9.59 Å². The molecule has 1 aliphatic heterocycles. The first-order valence-corrected chi connectivity index (χ1v) is 8.96. The topological polar surface area (TPSA) is 62.3 Å². The van der Waals surface area contributed by atoms with Crippen molar-refractivity contribution in [2.24, 2.45) is 0 Å². The Morgan fingerprint density at radius 1 is 1.38 bits per heavy atom. The first-order valence-electron chi connectivity index (χ1n) is 8.15. The molecule has 126 valence electrons. The predicted octanol–water partition coefficient (Wildman–Crippen LogP) is 3.95. The van der Waals surface area contributed by atoms with Crippen molar-refractivity contribution in [3.63, 3.8) is 0 Å². The Bertz CT molecular complexity index is 782. The van der Waals surface area contributed by atoms with Gasteiger partial charge in [0.1, 0.15) is 4.88 Å². The number of amides is 2. The van der Waals surface area contributed by atoms with E-state index in [-0.39, 0.29) is 17.7 Å². The Kier molecular flexibility index (Phi) is 4.66. The number of thiazole rings is 1. The summed E-state index contributed by atoms with van der Waals surface area (Å²) in [5.41, 5.74) is 2.60. The highest BCUT2D eigenvalue weighted by Gasteiger charge is 2.28. The maximum Gasteiger partial charge on any atom is 0.267 e. The number of rotatable bonds is 4. The Hall–Kier alpha value is -2.21. The lowest BCUT2D eigenvalue weighted by atomic mass is 10.1. The molecule has 2 amide bonds. The monoisotopic (exact) mass is 343 g/mol. The first kappa shape index (κ1) is 16.6. The van der Waals surface area contributed by atoms with Crippen LogP contribution in [0.3, 0.4) is 0 Å². The van der Waals surface area contributed by atoms with Crippen LogP contribution in [0.25, 0.3) is 0 Å². The average molecular weight is 343 g/mol. The van der Waals surface area contributed by atoms with E-state index in [4.69, 9.17) is 0 Å². The molecule has 1 saturated heterocycles. The van der Waals surface area contributed by atoms with Gasteiger partial charge in [0.25, 0.3) is 5.91 Å². The predicted molar refractivity (Wildman–Crippen MR) is 96.9 cm³/mol. The van der Waals surface area contributed by atoms with E-state index < -0.39 is 0 Å². The van der Waals surface area contributed by atoms with Crippen molar-refractivity contribution in [3.05, 3.63) is 40.4 Å². The molecule has 0 radical (unpaired) electrons. The second kappa shape index (κ2) is 6.73. The Balaban J connectivity index is 1.89. The summed E-state index contributed by atoms with van der Waals surface area (Å²) in [7, 11) is 0. The number of anilines is 2. The molecule has 5 nitrogen and oxygen atoms in total. The van der Waals surface area contributed by atoms with Gasteiger partial charge in [-0.3, -0.25) is 14.5 Å². The number of aromatic nitrogens is 1. The van der Waals surface area contributed by atoms with E-state index in [1.165, 1.54) is 11.3 Å². The number of aryl methyl sites for hydroxylation is 1. The van der Waals surface area contributed by atoms with Gasteiger partial charge in [0.15, 0.2) is 5.13 Å². The average Bonchev–Trinajstić information content (AvgIpc) is 3.13. The maximum atomic E-state index is 12.7. The number of hydrogen-bond acceptors (Lipinski definition) is 4. The van der Waals surface area contributed by atoms with Crippen molar-refractivity contribution in [3.8, 4) is 0 Å². The van der Waals surface area contributed by atoms with Crippen molar-refractivity contribution in [1.29, 1.82) is 0 Å². The molecular formula is C18H21N3O2S. The molecule has 2 aromatic rings. The smallest absolute Gasteiger partial charge is 0.267 e. The summed E-state index contributed by atoms with van der Waals surface area (Å²) < 4.78 is 0. The van der Waals surface area contributed by atoms with Gasteiger partial charge in [-0.2, -0.15) is 0 Å². The van der Waals surface area contributed by atoms with Crippen LogP contribution in [0.1, 0.15) is 53.5 Å². The molecule has 0 unspecified atom stereocenters. The van der Waals surface area contributed by atoms with Crippen LogP contribution in [0.5, 0.6) is 0 Å². The van der Waals surface area contributed by atoms with Crippen LogP contribution >= 0.6 is 11.3 Å². The first-order chi connectivity index (χ1) is 11.5. The van der Waals surface area contributed by atoms with Gasteiger partial charge < -0.3 is 5.32 Å². The number of hydrogen-bond donors (Lipinski definition) is 1. The number of carbonyl (C=O) groups is 2. The molecule has 3 rings (SSSR count). The van der Waals surface area contributed by atoms with Gasteiger partial charge in [-0.1, -0.05) is 37.3 Å². The van der Waals surface area contributed by atoms with Gasteiger partial charge in [0, 0.05) is 18.7 Å². The fraction of sp³-hybridized carbons (Fsp3) is 0.389. The third-order valence-corrected chi connectivity index (χ3v) is 5.07. The summed E-state index contributed by atoms with van der Waals surface area (Å²) in [6.45, 7) is 6.68.